The summed E-state index contributed by atoms with van der Waals surface area (Å²) in [7, 11) is 0. The van der Waals surface area contributed by atoms with Crippen molar-refractivity contribution in [2.75, 3.05) is 13.2 Å². The molecule has 23 heavy (non-hydrogen) atoms. The molecule has 1 aromatic heterocycles. The fourth-order valence-corrected chi connectivity index (χ4v) is 4.26. The van der Waals surface area contributed by atoms with Crippen LogP contribution >= 0.6 is 0 Å². The molecule has 2 saturated heterocycles. The summed E-state index contributed by atoms with van der Waals surface area (Å²) in [5, 5.41) is 9.38. The van der Waals surface area contributed by atoms with Crippen LogP contribution in [0, 0.1) is 23.1 Å². The molecule has 4 nitrogen and oxygen atoms in total. The molecule has 0 N–H and O–H groups in total. The van der Waals surface area contributed by atoms with Gasteiger partial charge in [0.25, 0.3) is 0 Å². The summed E-state index contributed by atoms with van der Waals surface area (Å²) in [6.45, 7) is 5.53. The molecule has 124 valence electrons. The number of hydrogen-bond acceptors (Lipinski definition) is 4. The molecule has 0 amide bonds. The van der Waals surface area contributed by atoms with E-state index in [0.29, 0.717) is 32.0 Å². The molecule has 1 unspecified atom stereocenters. The number of nitrogens with zero attached hydrogens (tertiary/aromatic N) is 2. The second-order valence-electron chi connectivity index (χ2n) is 7.10. The minimum atomic E-state index is -0.387. The van der Waals surface area contributed by atoms with Gasteiger partial charge in [-0.15, -0.1) is 0 Å². The Kier molecular flexibility index (Phi) is 4.39. The van der Waals surface area contributed by atoms with Crippen LogP contribution in [-0.2, 0) is 14.9 Å². The summed E-state index contributed by atoms with van der Waals surface area (Å²) in [4.78, 5) is 4.29. The molecule has 0 aliphatic carbocycles. The van der Waals surface area contributed by atoms with E-state index in [1.165, 1.54) is 12.3 Å². The van der Waals surface area contributed by atoms with Gasteiger partial charge < -0.3 is 9.47 Å². The van der Waals surface area contributed by atoms with Crippen LogP contribution in [0.5, 0.6) is 0 Å². The summed E-state index contributed by atoms with van der Waals surface area (Å²) in [6, 6.07) is 5.45. The number of aromatic nitrogens is 1. The predicted octanol–water partition coefficient (Wildman–Crippen LogP) is 3.37. The molecule has 0 radical (unpaired) electrons. The highest BCUT2D eigenvalue weighted by Crippen LogP contribution is 2.49. The van der Waals surface area contributed by atoms with E-state index in [9.17, 15) is 9.65 Å². The lowest BCUT2D eigenvalue weighted by atomic mass is 9.66. The van der Waals surface area contributed by atoms with Crippen LogP contribution in [0.4, 0.5) is 4.39 Å². The van der Waals surface area contributed by atoms with Crippen LogP contribution in [0.1, 0.15) is 45.2 Å². The first-order chi connectivity index (χ1) is 11.0. The van der Waals surface area contributed by atoms with Gasteiger partial charge in [-0.3, -0.25) is 4.98 Å². The van der Waals surface area contributed by atoms with Crippen LogP contribution < -0.4 is 0 Å². The van der Waals surface area contributed by atoms with Gasteiger partial charge in [0.2, 0.25) is 0 Å². The Morgan fingerprint density at radius 3 is 2.87 bits per heavy atom. The number of nitriles is 1. The van der Waals surface area contributed by atoms with Crippen molar-refractivity contribution in [2.24, 2.45) is 5.92 Å². The van der Waals surface area contributed by atoms with Crippen molar-refractivity contribution in [1.82, 2.24) is 4.98 Å². The second-order valence-corrected chi connectivity index (χ2v) is 7.10. The van der Waals surface area contributed by atoms with Crippen LogP contribution in [0.25, 0.3) is 0 Å². The molecule has 0 aromatic carbocycles. The summed E-state index contributed by atoms with van der Waals surface area (Å²) in [5.74, 6) is -0.0107. The Labute approximate surface area is 136 Å². The monoisotopic (exact) mass is 318 g/mol. The number of halogens is 1. The standard InChI is InChI=1S/C18H23FN2O2/c1-13(2)16-18(7-9-22-16)12-17(5-8-20,6-10-23-18)15-4-3-14(19)11-21-15/h3-4,11,13,16H,5-7,9-10,12H2,1-2H3/t16?,17-,18-/m0/s1. The summed E-state index contributed by atoms with van der Waals surface area (Å²) in [5.41, 5.74) is 0.0402. The molecule has 3 rings (SSSR count). The zero-order valence-electron chi connectivity index (χ0n) is 13.7. The van der Waals surface area contributed by atoms with Crippen molar-refractivity contribution >= 4 is 0 Å². The summed E-state index contributed by atoms with van der Waals surface area (Å²) in [6.07, 6.45) is 3.90. The third-order valence-electron chi connectivity index (χ3n) is 5.24. The van der Waals surface area contributed by atoms with Crippen molar-refractivity contribution in [3.05, 3.63) is 29.8 Å². The fraction of sp³-hybridized carbons (Fsp3) is 0.667. The highest BCUT2D eigenvalue weighted by Gasteiger charge is 2.54. The van der Waals surface area contributed by atoms with Crippen LogP contribution in [-0.4, -0.2) is 29.9 Å². The van der Waals surface area contributed by atoms with E-state index < -0.39 is 0 Å². The van der Waals surface area contributed by atoms with Crippen LogP contribution in [0.15, 0.2) is 18.3 Å². The van der Waals surface area contributed by atoms with Crippen molar-refractivity contribution in [2.45, 2.75) is 56.7 Å². The average molecular weight is 318 g/mol. The SMILES string of the molecule is CC(C)C1OCC[C@]12C[C@@](CC#N)(c1ccc(F)cn1)CCO2. The third kappa shape index (κ3) is 2.86. The van der Waals surface area contributed by atoms with Crippen molar-refractivity contribution in [3.63, 3.8) is 0 Å². The van der Waals surface area contributed by atoms with Gasteiger partial charge in [0.15, 0.2) is 0 Å². The van der Waals surface area contributed by atoms with E-state index in [0.717, 1.165) is 18.5 Å². The van der Waals surface area contributed by atoms with E-state index in [2.05, 4.69) is 24.9 Å². The normalized spacial score (nSPS) is 34.0. The Morgan fingerprint density at radius 1 is 1.39 bits per heavy atom. The molecule has 1 aromatic rings. The second kappa shape index (κ2) is 6.18. The van der Waals surface area contributed by atoms with Gasteiger partial charge in [-0.2, -0.15) is 5.26 Å². The molecule has 0 saturated carbocycles. The van der Waals surface area contributed by atoms with Gasteiger partial charge in [0, 0.05) is 37.2 Å². The van der Waals surface area contributed by atoms with E-state index in [1.807, 2.05) is 0 Å². The maximum atomic E-state index is 13.3. The summed E-state index contributed by atoms with van der Waals surface area (Å²) < 4.78 is 25.4. The van der Waals surface area contributed by atoms with Crippen LogP contribution in [0.2, 0.25) is 0 Å². The lowest BCUT2D eigenvalue weighted by molar-refractivity contribution is -0.150. The van der Waals surface area contributed by atoms with Gasteiger partial charge >= 0.3 is 0 Å². The largest absolute Gasteiger partial charge is 0.375 e. The van der Waals surface area contributed by atoms with Gasteiger partial charge in [0.1, 0.15) is 5.82 Å². The minimum absolute atomic E-state index is 0.0290. The Balaban J connectivity index is 1.97. The van der Waals surface area contributed by atoms with Gasteiger partial charge in [-0.05, 0) is 30.9 Å². The van der Waals surface area contributed by atoms with E-state index in [-0.39, 0.29) is 22.9 Å². The molecule has 2 aliphatic rings. The highest BCUT2D eigenvalue weighted by molar-refractivity contribution is 5.23. The number of pyridine rings is 1. The first-order valence-electron chi connectivity index (χ1n) is 8.26. The number of rotatable bonds is 3. The zero-order chi connectivity index (χ0) is 16.5. The van der Waals surface area contributed by atoms with E-state index >= 15 is 0 Å². The van der Waals surface area contributed by atoms with Crippen molar-refractivity contribution < 1.29 is 13.9 Å². The number of ether oxygens (including phenoxy) is 2. The fourth-order valence-electron chi connectivity index (χ4n) is 4.26. The Hall–Kier alpha value is -1.51. The maximum Gasteiger partial charge on any atom is 0.141 e. The molecular formula is C18H23FN2O2. The smallest absolute Gasteiger partial charge is 0.141 e. The molecule has 3 heterocycles. The topological polar surface area (TPSA) is 55.1 Å². The first-order valence-corrected chi connectivity index (χ1v) is 8.26. The van der Waals surface area contributed by atoms with E-state index in [4.69, 9.17) is 9.47 Å². The van der Waals surface area contributed by atoms with Crippen LogP contribution in [0.3, 0.4) is 0 Å². The number of hydrogen-bond donors (Lipinski definition) is 0. The Bertz CT molecular complexity index is 598. The lowest BCUT2D eigenvalue weighted by Crippen LogP contribution is -2.53. The molecule has 5 heteroatoms. The summed E-state index contributed by atoms with van der Waals surface area (Å²) >= 11 is 0. The third-order valence-corrected chi connectivity index (χ3v) is 5.24. The highest BCUT2D eigenvalue weighted by atomic mass is 19.1. The lowest BCUT2D eigenvalue weighted by Gasteiger charge is -2.48. The minimum Gasteiger partial charge on any atom is -0.375 e. The zero-order valence-corrected chi connectivity index (χ0v) is 13.7. The molecular weight excluding hydrogens is 295 g/mol. The van der Waals surface area contributed by atoms with Gasteiger partial charge in [0.05, 0.1) is 24.0 Å². The maximum absolute atomic E-state index is 13.3. The molecule has 0 bridgehead atoms. The molecule has 2 fully saturated rings. The van der Waals surface area contributed by atoms with Gasteiger partial charge in [-0.25, -0.2) is 4.39 Å². The van der Waals surface area contributed by atoms with E-state index in [1.54, 1.807) is 6.07 Å². The molecule has 3 atom stereocenters. The average Bonchev–Trinajstić information content (AvgIpc) is 2.91. The molecule has 1 spiro atoms. The quantitative estimate of drug-likeness (QED) is 0.857. The molecule has 2 aliphatic heterocycles. The predicted molar refractivity (Wildman–Crippen MR) is 83.2 cm³/mol. The Morgan fingerprint density at radius 2 is 2.22 bits per heavy atom. The van der Waals surface area contributed by atoms with Gasteiger partial charge in [-0.1, -0.05) is 13.8 Å². The first kappa shape index (κ1) is 16.4. The van der Waals surface area contributed by atoms with Crippen molar-refractivity contribution in [1.29, 1.82) is 5.26 Å². The van der Waals surface area contributed by atoms with Crippen molar-refractivity contribution in [3.8, 4) is 6.07 Å².